The van der Waals surface area contributed by atoms with Gasteiger partial charge in [-0.2, -0.15) is 0 Å². The van der Waals surface area contributed by atoms with Crippen LogP contribution in [0, 0.1) is 13.8 Å². The number of carbonyl (C=O) groups is 2. The third-order valence-corrected chi connectivity index (χ3v) is 5.66. The predicted molar refractivity (Wildman–Crippen MR) is 114 cm³/mol. The van der Waals surface area contributed by atoms with Crippen LogP contribution < -0.4 is 0 Å². The van der Waals surface area contributed by atoms with E-state index in [1.807, 2.05) is 58.0 Å². The molecular weight excluding hydrogens is 372 g/mol. The van der Waals surface area contributed by atoms with Gasteiger partial charge < -0.3 is 5.11 Å². The number of aryl methyl sites for hydroxylation is 2. The number of hydrogen-bond acceptors (Lipinski definition) is 2. The summed E-state index contributed by atoms with van der Waals surface area (Å²) >= 11 is 5.50. The highest BCUT2D eigenvalue weighted by Gasteiger charge is 2.26. The fraction of sp³-hybridized carbons (Fsp3) is 0.250. The number of fused-ring (bicyclic) bond motifs is 2. The Bertz CT molecular complexity index is 947. The molecule has 0 spiro atoms. The zero-order valence-corrected chi connectivity index (χ0v) is 17.2. The van der Waals surface area contributed by atoms with Crippen molar-refractivity contribution in [1.29, 1.82) is 0 Å². The van der Waals surface area contributed by atoms with Crippen LogP contribution in [0.1, 0.15) is 59.1 Å². The van der Waals surface area contributed by atoms with Gasteiger partial charge >= 0.3 is 5.97 Å². The molecule has 0 bridgehead atoms. The largest absolute Gasteiger partial charge is 0.478 e. The van der Waals surface area contributed by atoms with Gasteiger partial charge in [-0.3, -0.25) is 4.79 Å². The molecule has 0 saturated carbocycles. The molecule has 28 heavy (non-hydrogen) atoms. The van der Waals surface area contributed by atoms with Crippen LogP contribution in [0.5, 0.6) is 0 Å². The van der Waals surface area contributed by atoms with Crippen molar-refractivity contribution in [3.05, 3.63) is 80.9 Å². The number of hydrogen-bond donors (Lipinski definition) is 1. The lowest BCUT2D eigenvalue weighted by atomic mass is 9.97. The van der Waals surface area contributed by atoms with E-state index < -0.39 is 5.97 Å². The second-order valence-electron chi connectivity index (χ2n) is 7.49. The maximum atomic E-state index is 11.1. The van der Waals surface area contributed by atoms with Gasteiger partial charge in [-0.1, -0.05) is 61.4 Å². The van der Waals surface area contributed by atoms with Crippen LogP contribution in [-0.4, -0.2) is 16.3 Å². The first-order chi connectivity index (χ1) is 13.2. The van der Waals surface area contributed by atoms with E-state index in [4.69, 9.17) is 16.7 Å². The van der Waals surface area contributed by atoms with Gasteiger partial charge in [0.15, 0.2) is 0 Å². The fourth-order valence-corrected chi connectivity index (χ4v) is 4.01. The molecule has 4 rings (SSSR count). The van der Waals surface area contributed by atoms with E-state index in [1.165, 1.54) is 16.7 Å². The maximum absolute atomic E-state index is 11.1. The minimum atomic E-state index is -0.814. The minimum Gasteiger partial charge on any atom is -0.478 e. The standard InChI is InChI=1S/C12H11ClO.C12H12O2/c2*1-7-3-4-9-6-11(12(13)14)8(2)10(9)5-7/h3-6,8H,1-2H3;3-6,8H,1-2H3,(H,13,14). The van der Waals surface area contributed by atoms with Gasteiger partial charge in [0.25, 0.3) is 0 Å². The Labute approximate surface area is 170 Å². The normalized spacial score (nSPS) is 19.0. The molecule has 2 aromatic carbocycles. The Hall–Kier alpha value is -2.65. The maximum Gasteiger partial charge on any atom is 0.332 e. The van der Waals surface area contributed by atoms with Crippen LogP contribution in [0.15, 0.2) is 47.5 Å². The Balaban J connectivity index is 0.000000161. The zero-order valence-electron chi connectivity index (χ0n) is 16.4. The average Bonchev–Trinajstić information content (AvgIpc) is 3.14. The van der Waals surface area contributed by atoms with E-state index >= 15 is 0 Å². The van der Waals surface area contributed by atoms with Crippen molar-refractivity contribution in [2.24, 2.45) is 0 Å². The van der Waals surface area contributed by atoms with Crippen molar-refractivity contribution < 1.29 is 14.7 Å². The molecule has 0 amide bonds. The van der Waals surface area contributed by atoms with Crippen LogP contribution in [0.25, 0.3) is 12.2 Å². The lowest BCUT2D eigenvalue weighted by Gasteiger charge is -2.08. The van der Waals surface area contributed by atoms with Crippen LogP contribution in [0.3, 0.4) is 0 Å². The first kappa shape index (κ1) is 20.1. The van der Waals surface area contributed by atoms with Crippen molar-refractivity contribution in [1.82, 2.24) is 0 Å². The molecule has 2 aromatic rings. The molecule has 3 nitrogen and oxygen atoms in total. The van der Waals surface area contributed by atoms with E-state index in [-0.39, 0.29) is 17.1 Å². The predicted octanol–water partition coefficient (Wildman–Crippen LogP) is 5.84. The summed E-state index contributed by atoms with van der Waals surface area (Å²) in [7, 11) is 0. The fourth-order valence-electron chi connectivity index (χ4n) is 3.80. The van der Waals surface area contributed by atoms with Crippen molar-refractivity contribution in [3.8, 4) is 0 Å². The van der Waals surface area contributed by atoms with E-state index in [0.29, 0.717) is 11.1 Å². The Morgan fingerprint density at radius 3 is 1.68 bits per heavy atom. The molecule has 0 heterocycles. The van der Waals surface area contributed by atoms with Crippen LogP contribution >= 0.6 is 11.6 Å². The number of halogens is 1. The van der Waals surface area contributed by atoms with E-state index in [2.05, 4.69) is 12.1 Å². The van der Waals surface area contributed by atoms with Gasteiger partial charge in [0.2, 0.25) is 5.24 Å². The summed E-state index contributed by atoms with van der Waals surface area (Å²) in [6.07, 6.45) is 3.65. The summed E-state index contributed by atoms with van der Waals surface area (Å²) in [5.41, 5.74) is 8.07. The first-order valence-electron chi connectivity index (χ1n) is 9.26. The second-order valence-corrected chi connectivity index (χ2v) is 7.83. The molecule has 0 fully saturated rings. The van der Waals surface area contributed by atoms with Gasteiger partial charge in [0.05, 0.1) is 0 Å². The number of carboxylic acid groups (broad SMARTS) is 1. The van der Waals surface area contributed by atoms with E-state index in [0.717, 1.165) is 16.7 Å². The van der Waals surface area contributed by atoms with Crippen molar-refractivity contribution in [2.45, 2.75) is 39.5 Å². The van der Waals surface area contributed by atoms with Gasteiger partial charge in [0, 0.05) is 23.0 Å². The second kappa shape index (κ2) is 7.76. The van der Waals surface area contributed by atoms with E-state index in [9.17, 15) is 9.59 Å². The number of allylic oxidation sites excluding steroid dienone is 1. The van der Waals surface area contributed by atoms with Crippen molar-refractivity contribution in [3.63, 3.8) is 0 Å². The quantitative estimate of drug-likeness (QED) is 0.651. The molecule has 0 radical (unpaired) electrons. The van der Waals surface area contributed by atoms with E-state index in [1.54, 1.807) is 6.08 Å². The SMILES string of the molecule is Cc1ccc2c(c1)C(C)C(C(=O)Cl)=C2.Cc1ccc2c(c1)C(C)C(C(=O)O)=C2. The summed E-state index contributed by atoms with van der Waals surface area (Å²) in [6.45, 7) is 8.02. The summed E-state index contributed by atoms with van der Waals surface area (Å²) in [6, 6.07) is 12.2. The molecule has 4 heteroatoms. The summed E-state index contributed by atoms with van der Waals surface area (Å²) in [4.78, 5) is 22.0. The molecule has 0 aromatic heterocycles. The van der Waals surface area contributed by atoms with Crippen molar-refractivity contribution in [2.75, 3.05) is 0 Å². The van der Waals surface area contributed by atoms with Crippen LogP contribution in [0.2, 0.25) is 0 Å². The molecule has 1 N–H and O–H groups in total. The number of carboxylic acids is 1. The highest BCUT2D eigenvalue weighted by molar-refractivity contribution is 6.68. The lowest BCUT2D eigenvalue weighted by Crippen LogP contribution is -2.04. The van der Waals surface area contributed by atoms with Crippen LogP contribution in [-0.2, 0) is 9.59 Å². The highest BCUT2D eigenvalue weighted by Crippen LogP contribution is 2.37. The third kappa shape index (κ3) is 3.81. The number of benzene rings is 2. The summed E-state index contributed by atoms with van der Waals surface area (Å²) in [5.74, 6) is -0.663. The number of rotatable bonds is 2. The first-order valence-corrected chi connectivity index (χ1v) is 9.64. The topological polar surface area (TPSA) is 54.4 Å². The summed E-state index contributed by atoms with van der Waals surface area (Å²) < 4.78 is 0. The molecule has 0 aliphatic heterocycles. The molecule has 2 atom stereocenters. The average molecular weight is 395 g/mol. The lowest BCUT2D eigenvalue weighted by molar-refractivity contribution is -0.132. The highest BCUT2D eigenvalue weighted by atomic mass is 35.5. The Morgan fingerprint density at radius 1 is 0.821 bits per heavy atom. The molecular formula is C24H23ClO3. The molecule has 144 valence electrons. The summed E-state index contributed by atoms with van der Waals surface area (Å²) in [5, 5.41) is 8.62. The smallest absolute Gasteiger partial charge is 0.332 e. The van der Waals surface area contributed by atoms with Gasteiger partial charge in [0.1, 0.15) is 0 Å². The Kier molecular flexibility index (Phi) is 5.57. The third-order valence-electron chi connectivity index (χ3n) is 5.45. The molecule has 2 aliphatic rings. The van der Waals surface area contributed by atoms with Gasteiger partial charge in [-0.15, -0.1) is 0 Å². The molecule has 0 saturated heterocycles. The molecule has 2 aliphatic carbocycles. The monoisotopic (exact) mass is 394 g/mol. The van der Waals surface area contributed by atoms with Crippen LogP contribution in [0.4, 0.5) is 0 Å². The zero-order chi connectivity index (χ0) is 20.6. The number of carbonyl (C=O) groups excluding carboxylic acids is 1. The van der Waals surface area contributed by atoms with Gasteiger partial charge in [-0.25, -0.2) is 4.79 Å². The number of aliphatic carboxylic acids is 1. The molecule has 2 unspecified atom stereocenters. The minimum absolute atomic E-state index is 0.0161. The van der Waals surface area contributed by atoms with Gasteiger partial charge in [-0.05, 0) is 59.9 Å². The van der Waals surface area contributed by atoms with Crippen molar-refractivity contribution >= 4 is 35.0 Å². The Morgan fingerprint density at radius 2 is 1.25 bits per heavy atom.